The van der Waals surface area contributed by atoms with Crippen molar-refractivity contribution in [3.05, 3.63) is 35.9 Å². The molecule has 0 fully saturated rings. The first-order valence-corrected chi connectivity index (χ1v) is 4.32. The molecule has 0 amide bonds. The van der Waals surface area contributed by atoms with Gasteiger partial charge in [0.05, 0.1) is 19.2 Å². The summed E-state index contributed by atoms with van der Waals surface area (Å²) in [5.41, 5.74) is 0.970. The first-order valence-electron chi connectivity index (χ1n) is 4.32. The highest BCUT2D eigenvalue weighted by atomic mass is 16.5. The number of hydrogen-bond acceptors (Lipinski definition) is 2. The Balaban J connectivity index is 2.50. The van der Waals surface area contributed by atoms with Crippen LogP contribution in [0.1, 0.15) is 12.5 Å². The molecule has 0 spiro atoms. The summed E-state index contributed by atoms with van der Waals surface area (Å²) in [6.07, 6.45) is 0. The van der Waals surface area contributed by atoms with E-state index in [-0.39, 0.29) is 12.6 Å². The van der Waals surface area contributed by atoms with E-state index < -0.39 is 0 Å². The van der Waals surface area contributed by atoms with Crippen molar-refractivity contribution in [1.29, 1.82) is 0 Å². The van der Waals surface area contributed by atoms with Gasteiger partial charge in [-0.25, -0.2) is 0 Å². The van der Waals surface area contributed by atoms with Crippen molar-refractivity contribution in [2.45, 2.75) is 19.5 Å². The van der Waals surface area contributed by atoms with Crippen molar-refractivity contribution < 1.29 is 10.3 Å². The summed E-state index contributed by atoms with van der Waals surface area (Å²) in [4.78, 5) is 0. The van der Waals surface area contributed by atoms with Crippen molar-refractivity contribution in [2.75, 3.05) is 6.61 Å². The molecule has 0 heterocycles. The Morgan fingerprint density at radius 2 is 2.00 bits per heavy atom. The highest BCUT2D eigenvalue weighted by molar-refractivity contribution is 5.14. The summed E-state index contributed by atoms with van der Waals surface area (Å²) < 4.78 is 0. The van der Waals surface area contributed by atoms with E-state index in [4.69, 9.17) is 5.11 Å². The third-order valence-corrected chi connectivity index (χ3v) is 1.94. The van der Waals surface area contributed by atoms with E-state index in [1.807, 2.05) is 30.3 Å². The molecule has 1 aromatic rings. The van der Waals surface area contributed by atoms with Crippen LogP contribution in [0, 0.1) is 0 Å². The maximum Gasteiger partial charge on any atom is 0.0608 e. The lowest BCUT2D eigenvalue weighted by atomic mass is 10.2. The molecular weight excluding hydrogens is 166 g/mol. The maximum absolute atomic E-state index is 11.3. The molecule has 0 aliphatic heterocycles. The fourth-order valence-corrected chi connectivity index (χ4v) is 1.01. The third kappa shape index (κ3) is 3.14. The zero-order valence-electron chi connectivity index (χ0n) is 7.68. The highest BCUT2D eigenvalue weighted by Gasteiger charge is 2.11. The van der Waals surface area contributed by atoms with E-state index in [2.05, 4.69) is 0 Å². The molecule has 0 unspecified atom stereocenters. The van der Waals surface area contributed by atoms with Crippen LogP contribution in [0.15, 0.2) is 30.3 Å². The average Bonchev–Trinajstić information content (AvgIpc) is 2.18. The second kappa shape index (κ2) is 4.97. The van der Waals surface area contributed by atoms with Crippen LogP contribution < -0.4 is 0 Å². The number of aliphatic hydroxyl groups excluding tert-OH is 1. The monoisotopic (exact) mass is 180 g/mol. The highest BCUT2D eigenvalue weighted by Crippen LogP contribution is 2.05. The summed E-state index contributed by atoms with van der Waals surface area (Å²) in [5.74, 6) is 0. The van der Waals surface area contributed by atoms with Crippen molar-refractivity contribution >= 4 is 0 Å². The first-order chi connectivity index (χ1) is 6.24. The van der Waals surface area contributed by atoms with E-state index >= 15 is 0 Å². The van der Waals surface area contributed by atoms with Gasteiger partial charge in [-0.1, -0.05) is 30.3 Å². The van der Waals surface area contributed by atoms with Gasteiger partial charge in [0.25, 0.3) is 0 Å². The molecule has 1 atom stereocenters. The van der Waals surface area contributed by atoms with Crippen molar-refractivity contribution in [2.24, 2.45) is 0 Å². The van der Waals surface area contributed by atoms with Crippen LogP contribution in [-0.4, -0.2) is 22.8 Å². The summed E-state index contributed by atoms with van der Waals surface area (Å²) in [5, 5.41) is 20.9. The van der Waals surface area contributed by atoms with Gasteiger partial charge in [-0.3, -0.25) is 0 Å². The van der Waals surface area contributed by atoms with E-state index in [0.717, 1.165) is 10.6 Å². The van der Waals surface area contributed by atoms with Gasteiger partial charge in [-0.2, -0.15) is 0 Å². The molecule has 3 nitrogen and oxygen atoms in total. The number of nitrogens with zero attached hydrogens (tertiary/aromatic N) is 1. The Morgan fingerprint density at radius 1 is 1.38 bits per heavy atom. The van der Waals surface area contributed by atoms with Gasteiger partial charge in [0.1, 0.15) is 0 Å². The maximum atomic E-state index is 11.3. The molecular formula is C10H14NO2. The lowest BCUT2D eigenvalue weighted by Gasteiger charge is -2.17. The Morgan fingerprint density at radius 3 is 2.54 bits per heavy atom. The zero-order chi connectivity index (χ0) is 9.68. The van der Waals surface area contributed by atoms with Gasteiger partial charge in [0.2, 0.25) is 0 Å². The number of rotatable bonds is 4. The molecule has 71 valence electrons. The van der Waals surface area contributed by atoms with Gasteiger partial charge in [0.15, 0.2) is 0 Å². The second-order valence-electron chi connectivity index (χ2n) is 3.09. The predicted molar refractivity (Wildman–Crippen MR) is 49.2 cm³/mol. The summed E-state index contributed by atoms with van der Waals surface area (Å²) in [6, 6.07) is 9.16. The molecule has 1 N–H and O–H groups in total. The van der Waals surface area contributed by atoms with Crippen LogP contribution in [-0.2, 0) is 11.8 Å². The number of benzene rings is 1. The van der Waals surface area contributed by atoms with Crippen molar-refractivity contribution in [1.82, 2.24) is 5.06 Å². The standard InChI is InChI=1S/C10H14NO2/c1-9(8-12)11(13)7-10-5-3-2-4-6-10/h2-6,9,12H,7-8H2,1H3/t9-/m1/s1. The van der Waals surface area contributed by atoms with Crippen LogP contribution in [0.3, 0.4) is 0 Å². The molecule has 3 heteroatoms. The number of aliphatic hydroxyl groups is 1. The van der Waals surface area contributed by atoms with Crippen LogP contribution >= 0.6 is 0 Å². The summed E-state index contributed by atoms with van der Waals surface area (Å²) in [7, 11) is 0. The van der Waals surface area contributed by atoms with Crippen molar-refractivity contribution in [3.63, 3.8) is 0 Å². The van der Waals surface area contributed by atoms with Crippen LogP contribution in [0.5, 0.6) is 0 Å². The smallest absolute Gasteiger partial charge is 0.0608 e. The molecule has 0 saturated carbocycles. The van der Waals surface area contributed by atoms with Gasteiger partial charge in [-0.05, 0) is 12.5 Å². The Labute approximate surface area is 78.2 Å². The van der Waals surface area contributed by atoms with Crippen LogP contribution in [0.25, 0.3) is 0 Å². The molecule has 0 aliphatic rings. The molecule has 13 heavy (non-hydrogen) atoms. The molecule has 0 saturated heterocycles. The Hall–Kier alpha value is -0.900. The van der Waals surface area contributed by atoms with E-state index in [1.54, 1.807) is 6.92 Å². The molecule has 0 aromatic heterocycles. The van der Waals surface area contributed by atoms with Gasteiger partial charge >= 0.3 is 0 Å². The molecule has 1 rings (SSSR count). The Kier molecular flexibility index (Phi) is 3.89. The lowest BCUT2D eigenvalue weighted by molar-refractivity contribution is -0.197. The predicted octanol–water partition coefficient (Wildman–Crippen LogP) is 1.21. The summed E-state index contributed by atoms with van der Waals surface area (Å²) in [6.45, 7) is 1.94. The van der Waals surface area contributed by atoms with Crippen molar-refractivity contribution in [3.8, 4) is 0 Å². The van der Waals surface area contributed by atoms with Gasteiger partial charge in [-0.15, -0.1) is 10.3 Å². The fraction of sp³-hybridized carbons (Fsp3) is 0.400. The minimum atomic E-state index is -0.333. The van der Waals surface area contributed by atoms with E-state index in [1.165, 1.54) is 0 Å². The van der Waals surface area contributed by atoms with E-state index in [9.17, 15) is 5.21 Å². The normalized spacial score (nSPS) is 13.2. The molecule has 1 aromatic carbocycles. The van der Waals surface area contributed by atoms with Gasteiger partial charge in [0, 0.05) is 0 Å². The molecule has 1 radical (unpaired) electrons. The zero-order valence-corrected chi connectivity index (χ0v) is 7.68. The van der Waals surface area contributed by atoms with Gasteiger partial charge < -0.3 is 5.11 Å². The summed E-state index contributed by atoms with van der Waals surface area (Å²) >= 11 is 0. The topological polar surface area (TPSA) is 43.4 Å². The second-order valence-corrected chi connectivity index (χ2v) is 3.09. The SMILES string of the molecule is C[C@H](CO)N([O])Cc1ccccc1. The number of hydrogen-bond donors (Lipinski definition) is 1. The van der Waals surface area contributed by atoms with E-state index in [0.29, 0.717) is 6.54 Å². The Bertz CT molecular complexity index is 238. The lowest BCUT2D eigenvalue weighted by Crippen LogP contribution is -2.30. The average molecular weight is 180 g/mol. The minimum Gasteiger partial charge on any atom is -0.395 e. The molecule has 0 aliphatic carbocycles. The van der Waals surface area contributed by atoms with Crippen LogP contribution in [0.4, 0.5) is 0 Å². The fourth-order valence-electron chi connectivity index (χ4n) is 1.01. The third-order valence-electron chi connectivity index (χ3n) is 1.94. The largest absolute Gasteiger partial charge is 0.395 e. The quantitative estimate of drug-likeness (QED) is 0.708. The minimum absolute atomic E-state index is 0.101. The van der Waals surface area contributed by atoms with Crippen LogP contribution in [0.2, 0.25) is 0 Å². The first kappa shape index (κ1) is 10.2. The molecule has 0 bridgehead atoms. The number of hydroxylamine groups is 2.